The first-order valence-electron chi connectivity index (χ1n) is 5.90. The number of rotatable bonds is 3. The Hall–Kier alpha value is -1.40. The minimum Gasteiger partial charge on any atom is -1.00 e. The fourth-order valence-electron chi connectivity index (χ4n) is 2.26. The second kappa shape index (κ2) is 6.15. The zero-order valence-corrected chi connectivity index (χ0v) is 14.1. The predicted molar refractivity (Wildman–Crippen MR) is 76.9 cm³/mol. The van der Waals surface area contributed by atoms with E-state index in [4.69, 9.17) is 0 Å². The van der Waals surface area contributed by atoms with Crippen molar-refractivity contribution < 1.29 is 48.4 Å². The van der Waals surface area contributed by atoms with Crippen LogP contribution < -0.4 is 29.6 Å². The van der Waals surface area contributed by atoms with E-state index >= 15 is 0 Å². The van der Waals surface area contributed by atoms with Crippen LogP contribution in [0.5, 0.6) is 0 Å². The van der Waals surface area contributed by atoms with Crippen LogP contribution in [-0.2, 0) is 19.1 Å². The average Bonchev–Trinajstić information content (AvgIpc) is 2.44. The monoisotopic (exact) mass is 310 g/mol. The van der Waals surface area contributed by atoms with Gasteiger partial charge in [0.05, 0.1) is 0 Å². The first-order valence-corrected chi connectivity index (χ1v) is 7.31. The van der Waals surface area contributed by atoms with E-state index in [-0.39, 0.29) is 42.4 Å². The molecule has 3 aromatic carbocycles. The summed E-state index contributed by atoms with van der Waals surface area (Å²) in [4.78, 5) is 10.3. The van der Waals surface area contributed by atoms with Crippen molar-refractivity contribution in [3.8, 4) is 0 Å². The van der Waals surface area contributed by atoms with Crippen LogP contribution in [0, 0.1) is 0 Å². The minimum absolute atomic E-state index is 0. The van der Waals surface area contributed by atoms with E-state index in [9.17, 15) is 13.2 Å². The summed E-state index contributed by atoms with van der Waals surface area (Å²) in [6.45, 7) is -0.0742. The van der Waals surface area contributed by atoms with Gasteiger partial charge in [-0.1, -0.05) is 36.4 Å². The Morgan fingerprint density at radius 2 is 1.52 bits per heavy atom. The van der Waals surface area contributed by atoms with Gasteiger partial charge in [-0.2, -0.15) is 8.42 Å². The Kier molecular flexibility index (Phi) is 4.68. The molecule has 0 spiro atoms. The zero-order valence-electron chi connectivity index (χ0n) is 12.3. The normalized spacial score (nSPS) is 11.0. The molecule has 0 amide bonds. The summed E-state index contributed by atoms with van der Waals surface area (Å²) >= 11 is 0. The molecule has 0 N–H and O–H groups in total. The van der Waals surface area contributed by atoms with Crippen molar-refractivity contribution in [1.82, 2.24) is 0 Å². The Labute approximate surface area is 145 Å². The summed E-state index contributed by atoms with van der Waals surface area (Å²) in [5, 5.41) is 3.26. The molecule has 0 saturated carbocycles. The summed E-state index contributed by atoms with van der Waals surface area (Å²) in [6, 6.07) is 16.2. The molecule has 3 aromatic rings. The topological polar surface area (TPSA) is 60.4 Å². The number of carbonyl (C=O) groups is 1. The standard InChI is InChI=1S/C15H10O4S.Na.H/c16-10-19-20(17,18)15-7-3-6-13-8-11-4-1-2-5-12(11)9-14(13)15;;/h1-10H;;/q;+1;-1. The van der Waals surface area contributed by atoms with Crippen LogP contribution in [-0.4, -0.2) is 14.9 Å². The van der Waals surface area contributed by atoms with Crippen molar-refractivity contribution >= 4 is 38.1 Å². The van der Waals surface area contributed by atoms with Crippen molar-refractivity contribution in [2.24, 2.45) is 0 Å². The van der Waals surface area contributed by atoms with Gasteiger partial charge in [-0.15, -0.1) is 0 Å². The van der Waals surface area contributed by atoms with E-state index < -0.39 is 10.1 Å². The Bertz CT molecular complexity index is 925. The number of hydrogen-bond donors (Lipinski definition) is 0. The third kappa shape index (κ3) is 2.96. The fourth-order valence-corrected chi connectivity index (χ4v) is 3.16. The van der Waals surface area contributed by atoms with Crippen molar-refractivity contribution in [3.05, 3.63) is 54.6 Å². The van der Waals surface area contributed by atoms with Gasteiger partial charge in [0.25, 0.3) is 0 Å². The molecule has 4 nitrogen and oxygen atoms in total. The summed E-state index contributed by atoms with van der Waals surface area (Å²) < 4.78 is 28.1. The van der Waals surface area contributed by atoms with Gasteiger partial charge in [0, 0.05) is 5.39 Å². The maximum absolute atomic E-state index is 11.9. The molecule has 0 heterocycles. The first-order chi connectivity index (χ1) is 9.62. The SMILES string of the molecule is O=COS(=O)(=O)c1cccc2cc3ccccc3cc12.[H-].[Na+]. The number of fused-ring (bicyclic) bond motifs is 2. The van der Waals surface area contributed by atoms with Crippen molar-refractivity contribution in [2.45, 2.75) is 4.90 Å². The van der Waals surface area contributed by atoms with Crippen molar-refractivity contribution in [3.63, 3.8) is 0 Å². The largest absolute Gasteiger partial charge is 1.00 e. The summed E-state index contributed by atoms with van der Waals surface area (Å²) in [5.41, 5.74) is 0. The van der Waals surface area contributed by atoms with Crippen LogP contribution in [0.4, 0.5) is 0 Å². The molecule has 0 aliphatic carbocycles. The fraction of sp³-hybridized carbons (Fsp3) is 0. The third-order valence-corrected chi connectivity index (χ3v) is 4.37. The van der Waals surface area contributed by atoms with Crippen LogP contribution in [0.25, 0.3) is 21.5 Å². The Morgan fingerprint density at radius 1 is 0.905 bits per heavy atom. The van der Waals surface area contributed by atoms with E-state index in [2.05, 4.69) is 4.18 Å². The Morgan fingerprint density at radius 3 is 2.19 bits per heavy atom. The van der Waals surface area contributed by atoms with Gasteiger partial charge in [0.1, 0.15) is 4.90 Å². The quantitative estimate of drug-likeness (QED) is 0.295. The molecule has 21 heavy (non-hydrogen) atoms. The van der Waals surface area contributed by atoms with E-state index in [0.717, 1.165) is 16.2 Å². The summed E-state index contributed by atoms with van der Waals surface area (Å²) in [6.07, 6.45) is 0. The molecule has 0 saturated heterocycles. The molecule has 6 heteroatoms. The molecule has 0 bridgehead atoms. The van der Waals surface area contributed by atoms with E-state index in [1.54, 1.807) is 12.1 Å². The van der Waals surface area contributed by atoms with E-state index in [0.29, 0.717) is 5.39 Å². The number of benzene rings is 3. The van der Waals surface area contributed by atoms with Gasteiger partial charge in [-0.05, 0) is 34.4 Å². The molecule has 3 rings (SSSR count). The first kappa shape index (κ1) is 16.0. The Balaban J connectivity index is 0.00000121. The average molecular weight is 310 g/mol. The van der Waals surface area contributed by atoms with Gasteiger partial charge in [-0.3, -0.25) is 4.79 Å². The van der Waals surface area contributed by atoms with Gasteiger partial charge in [-0.25, -0.2) is 0 Å². The smallest absolute Gasteiger partial charge is 1.00 e. The van der Waals surface area contributed by atoms with Gasteiger partial charge >= 0.3 is 46.1 Å². The maximum Gasteiger partial charge on any atom is 1.00 e. The van der Waals surface area contributed by atoms with Crippen molar-refractivity contribution in [1.29, 1.82) is 0 Å². The number of hydrogen-bond acceptors (Lipinski definition) is 4. The maximum atomic E-state index is 11.9. The molecule has 0 radical (unpaired) electrons. The second-order valence-electron chi connectivity index (χ2n) is 4.32. The molecule has 0 unspecified atom stereocenters. The van der Waals surface area contributed by atoms with E-state index in [1.807, 2.05) is 36.4 Å². The third-order valence-electron chi connectivity index (χ3n) is 3.14. The van der Waals surface area contributed by atoms with Crippen LogP contribution in [0.1, 0.15) is 1.43 Å². The van der Waals surface area contributed by atoms with Crippen LogP contribution >= 0.6 is 0 Å². The van der Waals surface area contributed by atoms with Gasteiger partial charge < -0.3 is 5.61 Å². The molecular formula is C15H11NaO4S. The van der Waals surface area contributed by atoms with Gasteiger partial charge in [0.15, 0.2) is 0 Å². The predicted octanol–water partition coefficient (Wildman–Crippen LogP) is -0.0288. The van der Waals surface area contributed by atoms with Crippen LogP contribution in [0.15, 0.2) is 59.5 Å². The van der Waals surface area contributed by atoms with Crippen molar-refractivity contribution in [2.75, 3.05) is 0 Å². The molecule has 0 fully saturated rings. The van der Waals surface area contributed by atoms with E-state index in [1.165, 1.54) is 6.07 Å². The minimum atomic E-state index is -4.07. The van der Waals surface area contributed by atoms with Gasteiger partial charge in [0.2, 0.25) is 0 Å². The molecule has 102 valence electrons. The molecule has 0 atom stereocenters. The summed E-state index contributed by atoms with van der Waals surface area (Å²) in [5.74, 6) is 0. The molecule has 0 aromatic heterocycles. The molecular weight excluding hydrogens is 299 g/mol. The van der Waals surface area contributed by atoms with Crippen LogP contribution in [0.2, 0.25) is 0 Å². The molecule has 0 aliphatic rings. The molecule has 0 aliphatic heterocycles. The number of carbonyl (C=O) groups excluding carboxylic acids is 1. The second-order valence-corrected chi connectivity index (χ2v) is 5.86. The van der Waals surface area contributed by atoms with Crippen LogP contribution in [0.3, 0.4) is 0 Å². The summed E-state index contributed by atoms with van der Waals surface area (Å²) in [7, 11) is -4.07. The zero-order chi connectivity index (χ0) is 14.2.